The molecule has 1 aromatic heterocycles. The predicted octanol–water partition coefficient (Wildman–Crippen LogP) is 3.00. The van der Waals surface area contributed by atoms with E-state index < -0.39 is 22.2 Å². The molecule has 0 saturated heterocycles. The normalized spacial score (nSPS) is 10.4. The van der Waals surface area contributed by atoms with Crippen LogP contribution in [0, 0.1) is 21.7 Å². The third-order valence-corrected chi connectivity index (χ3v) is 2.53. The van der Waals surface area contributed by atoms with Gasteiger partial charge in [-0.2, -0.15) is 4.39 Å². The Bertz CT molecular complexity index is 543. The summed E-state index contributed by atoms with van der Waals surface area (Å²) in [5.74, 6) is -2.06. The van der Waals surface area contributed by atoms with Crippen molar-refractivity contribution in [2.45, 2.75) is 0 Å². The van der Waals surface area contributed by atoms with Crippen LogP contribution in [-0.2, 0) is 0 Å². The topological polar surface area (TPSA) is 56.0 Å². The number of hydrogen-bond acceptors (Lipinski definition) is 4. The monoisotopic (exact) mass is 242 g/mol. The van der Waals surface area contributed by atoms with E-state index in [0.717, 1.165) is 6.07 Å². The fraction of sp³-hybridized carbons (Fsp3) is 0. The van der Waals surface area contributed by atoms with E-state index >= 15 is 0 Å². The number of nitrogens with zero attached hydrogens (tertiary/aromatic N) is 2. The fourth-order valence-electron chi connectivity index (χ4n) is 1.22. The lowest BCUT2D eigenvalue weighted by Crippen LogP contribution is -1.95. The summed E-state index contributed by atoms with van der Waals surface area (Å²) in [6, 6.07) is 1.34. The summed E-state index contributed by atoms with van der Waals surface area (Å²) in [6.45, 7) is 0. The number of nitro benzene ring substituents is 1. The minimum atomic E-state index is -1.19. The Morgan fingerprint density at radius 1 is 1.31 bits per heavy atom. The van der Waals surface area contributed by atoms with Crippen LogP contribution in [0.15, 0.2) is 23.0 Å². The van der Waals surface area contributed by atoms with Gasteiger partial charge in [0.1, 0.15) is 5.82 Å². The Hall–Kier alpha value is -1.89. The molecule has 0 aliphatic rings. The molecule has 1 heterocycles. The average Bonchev–Trinajstić information content (AvgIpc) is 2.70. The maximum absolute atomic E-state index is 13.4. The lowest BCUT2D eigenvalue weighted by Gasteiger charge is -2.00. The highest BCUT2D eigenvalue weighted by Gasteiger charge is 2.19. The van der Waals surface area contributed by atoms with E-state index in [9.17, 15) is 18.9 Å². The molecule has 4 nitrogen and oxygen atoms in total. The van der Waals surface area contributed by atoms with Crippen LogP contribution in [0.25, 0.3) is 11.3 Å². The van der Waals surface area contributed by atoms with Crippen molar-refractivity contribution in [3.05, 3.63) is 44.8 Å². The van der Waals surface area contributed by atoms with Crippen LogP contribution in [-0.4, -0.2) is 9.91 Å². The molecule has 0 saturated carbocycles. The van der Waals surface area contributed by atoms with E-state index in [2.05, 4.69) is 4.98 Å². The van der Waals surface area contributed by atoms with E-state index in [0.29, 0.717) is 6.07 Å². The zero-order valence-corrected chi connectivity index (χ0v) is 8.50. The van der Waals surface area contributed by atoms with Gasteiger partial charge in [0.15, 0.2) is 0 Å². The third kappa shape index (κ3) is 1.76. The van der Waals surface area contributed by atoms with Crippen LogP contribution in [0.3, 0.4) is 0 Å². The molecule has 0 N–H and O–H groups in total. The largest absolute Gasteiger partial charge is 0.305 e. The SMILES string of the molecule is O=[N+]([O-])c1cc(-c2cscn2)c(F)cc1F. The fourth-order valence-corrected chi connectivity index (χ4v) is 1.77. The number of halogens is 2. The lowest BCUT2D eigenvalue weighted by atomic mass is 10.1. The van der Waals surface area contributed by atoms with Crippen molar-refractivity contribution in [2.24, 2.45) is 0 Å². The van der Waals surface area contributed by atoms with Crippen LogP contribution < -0.4 is 0 Å². The highest BCUT2D eigenvalue weighted by molar-refractivity contribution is 7.07. The molecule has 0 atom stereocenters. The molecule has 82 valence electrons. The second-order valence-corrected chi connectivity index (χ2v) is 3.63. The van der Waals surface area contributed by atoms with Gasteiger partial charge in [-0.15, -0.1) is 11.3 Å². The minimum Gasteiger partial charge on any atom is -0.258 e. The molecule has 2 rings (SSSR count). The molecule has 0 aliphatic heterocycles. The van der Waals surface area contributed by atoms with Gasteiger partial charge in [0.25, 0.3) is 0 Å². The van der Waals surface area contributed by atoms with Gasteiger partial charge in [-0.05, 0) is 0 Å². The molecule has 16 heavy (non-hydrogen) atoms. The summed E-state index contributed by atoms with van der Waals surface area (Å²) < 4.78 is 26.4. The Labute approximate surface area is 92.3 Å². The second-order valence-electron chi connectivity index (χ2n) is 2.91. The van der Waals surface area contributed by atoms with Crippen LogP contribution >= 0.6 is 11.3 Å². The first kappa shape index (κ1) is 10.6. The quantitative estimate of drug-likeness (QED) is 0.600. The summed E-state index contributed by atoms with van der Waals surface area (Å²) in [6.07, 6.45) is 0. The number of hydrogen-bond donors (Lipinski definition) is 0. The van der Waals surface area contributed by atoms with Crippen LogP contribution in [0.1, 0.15) is 0 Å². The molecule has 0 aliphatic carbocycles. The summed E-state index contributed by atoms with van der Waals surface area (Å²) in [5.41, 5.74) is 0.883. The van der Waals surface area contributed by atoms with E-state index in [1.54, 1.807) is 0 Å². The van der Waals surface area contributed by atoms with E-state index in [1.807, 2.05) is 0 Å². The van der Waals surface area contributed by atoms with E-state index in [4.69, 9.17) is 0 Å². The lowest BCUT2D eigenvalue weighted by molar-refractivity contribution is -0.387. The zero-order valence-electron chi connectivity index (χ0n) is 7.68. The van der Waals surface area contributed by atoms with E-state index in [-0.39, 0.29) is 11.3 Å². The predicted molar refractivity (Wildman–Crippen MR) is 54.1 cm³/mol. The second kappa shape index (κ2) is 3.93. The smallest absolute Gasteiger partial charge is 0.258 e. The Morgan fingerprint density at radius 3 is 2.62 bits per heavy atom. The van der Waals surface area contributed by atoms with Crippen LogP contribution in [0.4, 0.5) is 14.5 Å². The van der Waals surface area contributed by atoms with Crippen molar-refractivity contribution in [1.29, 1.82) is 0 Å². The number of rotatable bonds is 2. The van der Waals surface area contributed by atoms with Gasteiger partial charge in [-0.3, -0.25) is 10.1 Å². The molecule has 0 unspecified atom stereocenters. The van der Waals surface area contributed by atoms with Crippen LogP contribution in [0.2, 0.25) is 0 Å². The summed E-state index contributed by atoms with van der Waals surface area (Å²) >= 11 is 1.22. The Kier molecular flexibility index (Phi) is 2.61. The summed E-state index contributed by atoms with van der Waals surface area (Å²) in [4.78, 5) is 13.4. The van der Waals surface area contributed by atoms with Crippen molar-refractivity contribution in [3.8, 4) is 11.3 Å². The first-order chi connectivity index (χ1) is 7.59. The Morgan fingerprint density at radius 2 is 2.06 bits per heavy atom. The minimum absolute atomic E-state index is 0.0747. The highest BCUT2D eigenvalue weighted by Crippen LogP contribution is 2.28. The molecular formula is C9H4F2N2O2S. The molecule has 0 amide bonds. The van der Waals surface area contributed by atoms with Gasteiger partial charge in [-0.1, -0.05) is 0 Å². The van der Waals surface area contributed by atoms with Gasteiger partial charge in [-0.25, -0.2) is 9.37 Å². The van der Waals surface area contributed by atoms with Crippen molar-refractivity contribution in [2.75, 3.05) is 0 Å². The number of benzene rings is 1. The number of nitro groups is 1. The molecule has 2 aromatic rings. The highest BCUT2D eigenvalue weighted by atomic mass is 32.1. The van der Waals surface area contributed by atoms with Gasteiger partial charge in [0, 0.05) is 23.1 Å². The van der Waals surface area contributed by atoms with Gasteiger partial charge < -0.3 is 0 Å². The van der Waals surface area contributed by atoms with Gasteiger partial charge >= 0.3 is 5.69 Å². The first-order valence-corrected chi connectivity index (χ1v) is 5.06. The van der Waals surface area contributed by atoms with Gasteiger partial charge in [0.2, 0.25) is 5.82 Å². The third-order valence-electron chi connectivity index (χ3n) is 1.94. The number of aromatic nitrogens is 1. The molecule has 7 heteroatoms. The van der Waals surface area contributed by atoms with E-state index in [1.165, 1.54) is 22.2 Å². The van der Waals surface area contributed by atoms with Crippen LogP contribution in [0.5, 0.6) is 0 Å². The molecule has 1 aromatic carbocycles. The Balaban J connectivity index is 2.63. The molecule has 0 spiro atoms. The summed E-state index contributed by atoms with van der Waals surface area (Å²) in [7, 11) is 0. The standard InChI is InChI=1S/C9H4F2N2O2S/c10-6-2-7(11)9(13(14)15)1-5(6)8-3-16-4-12-8/h1-4H. The zero-order chi connectivity index (χ0) is 11.7. The van der Waals surface area contributed by atoms with Crippen molar-refractivity contribution < 1.29 is 13.7 Å². The van der Waals surface area contributed by atoms with Crippen molar-refractivity contribution >= 4 is 17.0 Å². The average molecular weight is 242 g/mol. The molecule has 0 bridgehead atoms. The van der Waals surface area contributed by atoms with Gasteiger partial charge in [0.05, 0.1) is 16.1 Å². The number of thiazole rings is 1. The molecular weight excluding hydrogens is 238 g/mol. The van der Waals surface area contributed by atoms with Crippen molar-refractivity contribution in [3.63, 3.8) is 0 Å². The first-order valence-electron chi connectivity index (χ1n) is 4.11. The molecule has 0 radical (unpaired) electrons. The maximum Gasteiger partial charge on any atom is 0.305 e. The van der Waals surface area contributed by atoms with Crippen molar-refractivity contribution in [1.82, 2.24) is 4.98 Å². The summed E-state index contributed by atoms with van der Waals surface area (Å²) in [5, 5.41) is 12.0. The maximum atomic E-state index is 13.4. The molecule has 0 fully saturated rings.